The molecule has 1 fully saturated rings. The number of nitrogens with zero attached hydrogens (tertiary/aromatic N) is 2. The number of hydrogen-bond acceptors (Lipinski definition) is 9. The van der Waals surface area contributed by atoms with Crippen LogP contribution in [0.4, 0.5) is 0 Å². The lowest BCUT2D eigenvalue weighted by atomic mass is 9.66. The number of thioether (sulfide) groups is 2. The van der Waals surface area contributed by atoms with Gasteiger partial charge in [0, 0.05) is 5.92 Å². The molecule has 3 aliphatic heterocycles. The van der Waals surface area contributed by atoms with Crippen molar-refractivity contribution in [2.75, 3.05) is 20.5 Å². The van der Waals surface area contributed by atoms with E-state index in [-0.39, 0.29) is 6.10 Å². The smallest absolute Gasteiger partial charge is 0.325 e. The molecule has 5 atom stereocenters. The number of carbonyl (C=O) groups excluding carboxylic acids is 2. The minimum atomic E-state index is -1.23. The van der Waals surface area contributed by atoms with Crippen LogP contribution in [0.2, 0.25) is 0 Å². The summed E-state index contributed by atoms with van der Waals surface area (Å²) in [6.45, 7) is 3.80. The van der Waals surface area contributed by atoms with Crippen molar-refractivity contribution in [3.05, 3.63) is 22.1 Å². The zero-order valence-corrected chi connectivity index (χ0v) is 17.4. The molecule has 0 N–H and O–H groups in total. The standard InChI is InChI=1S/C18H22N2O5S2/c1-9(2)25-14-10-6-7-12-18(17(22)24-4,13(10)15(21)23-3)27-16(26-5)11(8-19)20(12)14/h6-7,9-10,12-14H,1-5H3. The number of rotatable bonds is 5. The summed E-state index contributed by atoms with van der Waals surface area (Å²) in [5.41, 5.74) is 0.459. The Morgan fingerprint density at radius 2 is 2.04 bits per heavy atom. The van der Waals surface area contributed by atoms with Gasteiger partial charge in [-0.2, -0.15) is 5.26 Å². The van der Waals surface area contributed by atoms with Crippen molar-refractivity contribution in [3.8, 4) is 6.07 Å². The Bertz CT molecular complexity index is 759. The third kappa shape index (κ3) is 2.77. The molecule has 0 radical (unpaired) electrons. The summed E-state index contributed by atoms with van der Waals surface area (Å²) in [6.07, 6.45) is 4.95. The van der Waals surface area contributed by atoms with Gasteiger partial charge < -0.3 is 19.1 Å². The van der Waals surface area contributed by atoms with Gasteiger partial charge in [-0.3, -0.25) is 9.59 Å². The highest BCUT2D eigenvalue weighted by molar-refractivity contribution is 8.23. The molecule has 0 aromatic heterocycles. The minimum Gasteiger partial charge on any atom is -0.469 e. The predicted octanol–water partition coefficient (Wildman–Crippen LogP) is 2.11. The first-order chi connectivity index (χ1) is 12.9. The molecule has 4 bridgehead atoms. The van der Waals surface area contributed by atoms with Gasteiger partial charge in [0.1, 0.15) is 18.0 Å². The molecule has 0 amide bonds. The Kier molecular flexibility index (Phi) is 5.52. The lowest BCUT2D eigenvalue weighted by Crippen LogP contribution is -2.74. The van der Waals surface area contributed by atoms with Gasteiger partial charge in [-0.05, 0) is 20.1 Å². The minimum absolute atomic E-state index is 0.124. The number of piperidine rings is 1. The molecule has 0 aromatic rings. The Morgan fingerprint density at radius 1 is 1.33 bits per heavy atom. The SMILES string of the molecule is COC(=O)C1C2C=CC3N(C(C#N)=C(SC)SC13C(=O)OC)C2OC(C)C. The number of hydrogen-bond donors (Lipinski definition) is 0. The van der Waals surface area contributed by atoms with Crippen molar-refractivity contribution in [2.24, 2.45) is 11.8 Å². The Morgan fingerprint density at radius 3 is 2.56 bits per heavy atom. The van der Waals surface area contributed by atoms with Crippen molar-refractivity contribution in [1.29, 1.82) is 5.26 Å². The highest BCUT2D eigenvalue weighted by Gasteiger charge is 2.70. The summed E-state index contributed by atoms with van der Waals surface area (Å²) in [7, 11) is 2.63. The van der Waals surface area contributed by atoms with Gasteiger partial charge in [0.2, 0.25) is 0 Å². The number of esters is 2. The fourth-order valence-corrected chi connectivity index (χ4v) is 6.65. The van der Waals surface area contributed by atoms with Crippen molar-refractivity contribution in [3.63, 3.8) is 0 Å². The van der Waals surface area contributed by atoms with Gasteiger partial charge in [-0.1, -0.05) is 23.9 Å². The van der Waals surface area contributed by atoms with E-state index < -0.39 is 40.8 Å². The first-order valence-corrected chi connectivity index (χ1v) is 10.6. The zero-order valence-electron chi connectivity index (χ0n) is 15.8. The average molecular weight is 411 g/mol. The fraction of sp³-hybridized carbons (Fsp3) is 0.611. The van der Waals surface area contributed by atoms with Gasteiger partial charge in [-0.15, -0.1) is 11.8 Å². The number of methoxy groups -OCH3 is 2. The largest absolute Gasteiger partial charge is 0.469 e. The highest BCUT2D eigenvalue weighted by atomic mass is 32.2. The van der Waals surface area contributed by atoms with Crippen LogP contribution >= 0.6 is 23.5 Å². The average Bonchev–Trinajstić information content (AvgIpc) is 2.67. The molecular weight excluding hydrogens is 388 g/mol. The van der Waals surface area contributed by atoms with Gasteiger partial charge in [-0.25, -0.2) is 0 Å². The molecule has 0 aromatic carbocycles. The molecule has 4 rings (SSSR count). The van der Waals surface area contributed by atoms with Crippen molar-refractivity contribution < 1.29 is 23.8 Å². The van der Waals surface area contributed by atoms with Gasteiger partial charge >= 0.3 is 11.9 Å². The summed E-state index contributed by atoms with van der Waals surface area (Å²) >= 11 is 2.60. The number of carbonyl (C=O) groups is 2. The van der Waals surface area contributed by atoms with Crippen LogP contribution in [-0.2, 0) is 23.8 Å². The zero-order chi connectivity index (χ0) is 19.9. The number of nitriles is 1. The maximum Gasteiger partial charge on any atom is 0.325 e. The molecule has 0 saturated carbocycles. The lowest BCUT2D eigenvalue weighted by Gasteiger charge is -2.61. The molecule has 1 saturated heterocycles. The number of allylic oxidation sites excluding steroid dienone is 1. The summed E-state index contributed by atoms with van der Waals surface area (Å²) in [5, 5.41) is 9.82. The van der Waals surface area contributed by atoms with Gasteiger partial charge in [0.25, 0.3) is 0 Å². The molecule has 7 nitrogen and oxygen atoms in total. The topological polar surface area (TPSA) is 88.9 Å². The van der Waals surface area contributed by atoms with Crippen LogP contribution in [0.15, 0.2) is 22.1 Å². The van der Waals surface area contributed by atoms with Gasteiger partial charge in [0.05, 0.1) is 36.5 Å². The molecule has 9 heteroatoms. The molecule has 3 heterocycles. The second-order valence-electron chi connectivity index (χ2n) is 6.73. The van der Waals surface area contributed by atoms with E-state index in [0.717, 1.165) is 0 Å². The van der Waals surface area contributed by atoms with Crippen LogP contribution < -0.4 is 0 Å². The van der Waals surface area contributed by atoms with E-state index in [1.807, 2.05) is 37.2 Å². The maximum atomic E-state index is 13.0. The number of ether oxygens (including phenoxy) is 3. The summed E-state index contributed by atoms with van der Waals surface area (Å²) in [4.78, 5) is 27.7. The molecular formula is C18H22N2O5S2. The van der Waals surface area contributed by atoms with E-state index in [0.29, 0.717) is 9.93 Å². The highest BCUT2D eigenvalue weighted by Crippen LogP contribution is 2.61. The normalized spacial score (nSPS) is 33.9. The third-order valence-corrected chi connectivity index (χ3v) is 7.77. The molecule has 4 aliphatic rings. The van der Waals surface area contributed by atoms with E-state index in [2.05, 4.69) is 6.07 Å². The van der Waals surface area contributed by atoms with Crippen LogP contribution in [0.5, 0.6) is 0 Å². The molecule has 146 valence electrons. The third-order valence-electron chi connectivity index (χ3n) is 5.08. The van der Waals surface area contributed by atoms with Crippen molar-refractivity contribution >= 4 is 35.5 Å². The summed E-state index contributed by atoms with van der Waals surface area (Å²) in [6, 6.07) is 1.72. The monoisotopic (exact) mass is 410 g/mol. The second kappa shape index (κ2) is 7.41. The van der Waals surface area contributed by atoms with E-state index in [1.165, 1.54) is 37.7 Å². The van der Waals surface area contributed by atoms with Crippen LogP contribution in [0.1, 0.15) is 13.8 Å². The predicted molar refractivity (Wildman–Crippen MR) is 102 cm³/mol. The first kappa shape index (κ1) is 20.1. The molecule has 1 aliphatic carbocycles. The second-order valence-corrected chi connectivity index (χ2v) is 9.09. The molecule has 0 spiro atoms. The van der Waals surface area contributed by atoms with Crippen LogP contribution in [0, 0.1) is 23.2 Å². The lowest BCUT2D eigenvalue weighted by molar-refractivity contribution is -0.187. The Labute approximate surface area is 167 Å². The van der Waals surface area contributed by atoms with Gasteiger partial charge in [0.15, 0.2) is 4.75 Å². The molecule has 27 heavy (non-hydrogen) atoms. The first-order valence-electron chi connectivity index (χ1n) is 8.53. The van der Waals surface area contributed by atoms with Crippen LogP contribution in [0.25, 0.3) is 0 Å². The molecule has 5 unspecified atom stereocenters. The maximum absolute atomic E-state index is 13.0. The fourth-order valence-electron chi connectivity index (χ4n) is 4.14. The van der Waals surface area contributed by atoms with E-state index in [1.54, 1.807) is 0 Å². The Hall–Kier alpha value is -1.63. The van der Waals surface area contributed by atoms with E-state index in [9.17, 15) is 14.9 Å². The van der Waals surface area contributed by atoms with E-state index in [4.69, 9.17) is 14.2 Å². The Balaban J connectivity index is 2.28. The van der Waals surface area contributed by atoms with Crippen molar-refractivity contribution in [1.82, 2.24) is 4.90 Å². The van der Waals surface area contributed by atoms with Crippen LogP contribution in [-0.4, -0.2) is 60.4 Å². The van der Waals surface area contributed by atoms with E-state index >= 15 is 0 Å². The summed E-state index contributed by atoms with van der Waals surface area (Å²) < 4.78 is 15.8. The summed E-state index contributed by atoms with van der Waals surface area (Å²) in [5.74, 6) is -2.20. The van der Waals surface area contributed by atoms with Crippen molar-refractivity contribution in [2.45, 2.75) is 37.0 Å². The quantitative estimate of drug-likeness (QED) is 0.499. The van der Waals surface area contributed by atoms with Crippen LogP contribution in [0.3, 0.4) is 0 Å².